The second kappa shape index (κ2) is 9.13. The summed E-state index contributed by atoms with van der Waals surface area (Å²) in [6.45, 7) is 4.54. The van der Waals surface area contributed by atoms with E-state index in [1.165, 1.54) is 0 Å². The van der Waals surface area contributed by atoms with Gasteiger partial charge in [-0.2, -0.15) is 4.98 Å². The maximum absolute atomic E-state index is 12.7. The fraction of sp³-hybridized carbons (Fsp3) is 0.261. The van der Waals surface area contributed by atoms with Crippen LogP contribution < -0.4 is 9.64 Å². The van der Waals surface area contributed by atoms with Crippen molar-refractivity contribution >= 4 is 23.3 Å². The Morgan fingerprint density at radius 3 is 2.43 bits per heavy atom. The van der Waals surface area contributed by atoms with Crippen molar-refractivity contribution in [1.29, 1.82) is 0 Å². The quantitative estimate of drug-likeness (QED) is 0.619. The lowest BCUT2D eigenvalue weighted by atomic mass is 10.1. The molecule has 2 aromatic carbocycles. The molecule has 1 saturated heterocycles. The molecule has 0 radical (unpaired) electrons. The number of para-hydroxylation sites is 1. The van der Waals surface area contributed by atoms with Crippen LogP contribution in [0.25, 0.3) is 0 Å². The fourth-order valence-electron chi connectivity index (χ4n) is 3.45. The molecule has 1 fully saturated rings. The number of aromatic nitrogens is 2. The van der Waals surface area contributed by atoms with Gasteiger partial charge in [-0.3, -0.25) is 4.79 Å². The SMILES string of the molecule is Cc1nc(Oc2ccccc2)cc(N2CCN(C(=O)Cc3ccccc3Cl)CC2)n1. The van der Waals surface area contributed by atoms with E-state index in [1.807, 2.05) is 72.5 Å². The molecular formula is C23H23ClN4O2. The summed E-state index contributed by atoms with van der Waals surface area (Å²) >= 11 is 6.19. The summed E-state index contributed by atoms with van der Waals surface area (Å²) in [5, 5.41) is 0.631. The standard InChI is InChI=1S/C23H23ClN4O2/c1-17-25-21(16-22(26-17)30-19-8-3-2-4-9-19)27-11-13-28(14-12-27)23(29)15-18-7-5-6-10-20(18)24/h2-10,16H,11-15H2,1H3. The Morgan fingerprint density at radius 2 is 1.70 bits per heavy atom. The van der Waals surface area contributed by atoms with Gasteiger partial charge in [0.1, 0.15) is 17.4 Å². The van der Waals surface area contributed by atoms with E-state index < -0.39 is 0 Å². The van der Waals surface area contributed by atoms with E-state index in [1.54, 1.807) is 0 Å². The number of amides is 1. The predicted octanol–water partition coefficient (Wildman–Crippen LogP) is 4.12. The number of hydrogen-bond donors (Lipinski definition) is 0. The predicted molar refractivity (Wildman–Crippen MR) is 117 cm³/mol. The molecule has 7 heteroatoms. The maximum Gasteiger partial charge on any atom is 0.227 e. The molecular weight excluding hydrogens is 400 g/mol. The number of benzene rings is 2. The van der Waals surface area contributed by atoms with Crippen molar-refractivity contribution in [2.75, 3.05) is 31.1 Å². The number of rotatable bonds is 5. The Balaban J connectivity index is 1.39. The van der Waals surface area contributed by atoms with E-state index in [4.69, 9.17) is 16.3 Å². The van der Waals surface area contributed by atoms with E-state index in [9.17, 15) is 4.79 Å². The minimum atomic E-state index is 0.0923. The highest BCUT2D eigenvalue weighted by molar-refractivity contribution is 6.31. The summed E-state index contributed by atoms with van der Waals surface area (Å²) in [5.74, 6) is 2.80. The molecule has 1 aromatic heterocycles. The molecule has 154 valence electrons. The summed E-state index contributed by atoms with van der Waals surface area (Å²) in [4.78, 5) is 25.7. The molecule has 30 heavy (non-hydrogen) atoms. The van der Waals surface area contributed by atoms with Crippen molar-refractivity contribution < 1.29 is 9.53 Å². The maximum atomic E-state index is 12.7. The van der Waals surface area contributed by atoms with Crippen LogP contribution in [0.1, 0.15) is 11.4 Å². The van der Waals surface area contributed by atoms with Crippen LogP contribution in [0.2, 0.25) is 5.02 Å². The Bertz CT molecular complexity index is 1020. The molecule has 1 aliphatic heterocycles. The van der Waals surface area contributed by atoms with Crippen molar-refractivity contribution in [3.63, 3.8) is 0 Å². The first kappa shape index (κ1) is 20.2. The third kappa shape index (κ3) is 4.89. The zero-order chi connectivity index (χ0) is 20.9. The molecule has 0 atom stereocenters. The van der Waals surface area contributed by atoms with Crippen LogP contribution in [-0.4, -0.2) is 47.0 Å². The van der Waals surface area contributed by atoms with Gasteiger partial charge in [0.25, 0.3) is 0 Å². The molecule has 0 N–H and O–H groups in total. The molecule has 0 aliphatic carbocycles. The molecule has 2 heterocycles. The van der Waals surface area contributed by atoms with Gasteiger partial charge >= 0.3 is 0 Å². The van der Waals surface area contributed by atoms with E-state index in [-0.39, 0.29) is 5.91 Å². The number of hydrogen-bond acceptors (Lipinski definition) is 5. The molecule has 0 spiro atoms. The smallest absolute Gasteiger partial charge is 0.227 e. The van der Waals surface area contributed by atoms with E-state index in [2.05, 4.69) is 14.9 Å². The normalized spacial score (nSPS) is 13.9. The highest BCUT2D eigenvalue weighted by atomic mass is 35.5. The first-order valence-corrected chi connectivity index (χ1v) is 10.3. The second-order valence-corrected chi connectivity index (χ2v) is 7.57. The average molecular weight is 423 g/mol. The van der Waals surface area contributed by atoms with E-state index >= 15 is 0 Å². The molecule has 1 amide bonds. The van der Waals surface area contributed by atoms with Crippen molar-refractivity contribution in [2.24, 2.45) is 0 Å². The second-order valence-electron chi connectivity index (χ2n) is 7.16. The van der Waals surface area contributed by atoms with Gasteiger partial charge in [-0.25, -0.2) is 4.98 Å². The Morgan fingerprint density at radius 1 is 1.00 bits per heavy atom. The summed E-state index contributed by atoms with van der Waals surface area (Å²) in [7, 11) is 0. The number of nitrogens with zero attached hydrogens (tertiary/aromatic N) is 4. The van der Waals surface area contributed by atoms with Crippen molar-refractivity contribution in [1.82, 2.24) is 14.9 Å². The van der Waals surface area contributed by atoms with E-state index in [0.717, 1.165) is 17.1 Å². The van der Waals surface area contributed by atoms with Crippen LogP contribution in [0.15, 0.2) is 60.7 Å². The van der Waals surface area contributed by atoms with Gasteiger partial charge in [0.05, 0.1) is 6.42 Å². The van der Waals surface area contributed by atoms with E-state index in [0.29, 0.717) is 49.3 Å². The molecule has 0 unspecified atom stereocenters. The van der Waals surface area contributed by atoms with Crippen molar-refractivity contribution in [3.05, 3.63) is 77.1 Å². The summed E-state index contributed by atoms with van der Waals surface area (Å²) in [5.41, 5.74) is 0.862. The molecule has 6 nitrogen and oxygen atoms in total. The van der Waals surface area contributed by atoms with Crippen LogP contribution in [0.4, 0.5) is 5.82 Å². The Hall–Kier alpha value is -3.12. The molecule has 4 rings (SSSR count). The number of halogens is 1. The molecule has 0 bridgehead atoms. The van der Waals surface area contributed by atoms with Crippen LogP contribution >= 0.6 is 11.6 Å². The molecule has 0 saturated carbocycles. The number of anilines is 1. The first-order chi connectivity index (χ1) is 14.6. The zero-order valence-corrected chi connectivity index (χ0v) is 17.5. The molecule has 1 aliphatic rings. The zero-order valence-electron chi connectivity index (χ0n) is 16.8. The Labute approximate surface area is 181 Å². The van der Waals surface area contributed by atoms with Gasteiger partial charge in [0, 0.05) is 37.3 Å². The first-order valence-electron chi connectivity index (χ1n) is 9.93. The van der Waals surface area contributed by atoms with Gasteiger partial charge in [0.2, 0.25) is 11.8 Å². The summed E-state index contributed by atoms with van der Waals surface area (Å²) < 4.78 is 5.87. The fourth-order valence-corrected chi connectivity index (χ4v) is 3.65. The highest BCUT2D eigenvalue weighted by Gasteiger charge is 2.23. The lowest BCUT2D eigenvalue weighted by Crippen LogP contribution is -2.49. The lowest BCUT2D eigenvalue weighted by molar-refractivity contribution is -0.130. The van der Waals surface area contributed by atoms with Crippen LogP contribution in [0.3, 0.4) is 0 Å². The van der Waals surface area contributed by atoms with Gasteiger partial charge in [-0.15, -0.1) is 0 Å². The average Bonchev–Trinajstić information content (AvgIpc) is 2.76. The minimum absolute atomic E-state index is 0.0923. The summed E-state index contributed by atoms with van der Waals surface area (Å²) in [6.07, 6.45) is 0.321. The largest absolute Gasteiger partial charge is 0.439 e. The van der Waals surface area contributed by atoms with Crippen LogP contribution in [0, 0.1) is 6.92 Å². The summed E-state index contributed by atoms with van der Waals surface area (Å²) in [6, 6.07) is 18.9. The Kier molecular flexibility index (Phi) is 6.14. The number of carbonyl (C=O) groups is 1. The number of aryl methyl sites for hydroxylation is 1. The van der Waals surface area contributed by atoms with Crippen molar-refractivity contribution in [3.8, 4) is 11.6 Å². The number of piperazine rings is 1. The third-order valence-corrected chi connectivity index (χ3v) is 5.39. The monoisotopic (exact) mass is 422 g/mol. The highest BCUT2D eigenvalue weighted by Crippen LogP contribution is 2.24. The van der Waals surface area contributed by atoms with Gasteiger partial charge in [-0.1, -0.05) is 48.0 Å². The minimum Gasteiger partial charge on any atom is -0.439 e. The van der Waals surface area contributed by atoms with Crippen molar-refractivity contribution in [2.45, 2.75) is 13.3 Å². The molecule has 3 aromatic rings. The number of ether oxygens (including phenoxy) is 1. The topological polar surface area (TPSA) is 58.6 Å². The van der Waals surface area contributed by atoms with Gasteiger partial charge in [-0.05, 0) is 30.7 Å². The van der Waals surface area contributed by atoms with Crippen LogP contribution in [0.5, 0.6) is 11.6 Å². The number of carbonyl (C=O) groups excluding carboxylic acids is 1. The van der Waals surface area contributed by atoms with Gasteiger partial charge < -0.3 is 14.5 Å². The lowest BCUT2D eigenvalue weighted by Gasteiger charge is -2.35. The van der Waals surface area contributed by atoms with Crippen LogP contribution in [-0.2, 0) is 11.2 Å². The van der Waals surface area contributed by atoms with Gasteiger partial charge in [0.15, 0.2) is 0 Å². The third-order valence-electron chi connectivity index (χ3n) is 5.02.